The molecule has 1 amide bonds. The SMILES string of the molecule is Cc1cc(C)c(-c2ccc(N3CCO[C@H]4CCN(C(=O)OCc5ccccc5)C[C@H]43)nn2)c(O)c1. The summed E-state index contributed by atoms with van der Waals surface area (Å²) in [6, 6.07) is 17.2. The maximum Gasteiger partial charge on any atom is 0.410 e. The molecule has 0 aliphatic carbocycles. The van der Waals surface area contributed by atoms with Gasteiger partial charge in [-0.1, -0.05) is 36.4 Å². The molecule has 5 rings (SSSR count). The van der Waals surface area contributed by atoms with Crippen molar-refractivity contribution in [2.75, 3.05) is 31.1 Å². The highest BCUT2D eigenvalue weighted by Gasteiger charge is 2.39. The highest BCUT2D eigenvalue weighted by molar-refractivity contribution is 5.71. The molecule has 35 heavy (non-hydrogen) atoms. The molecule has 1 aromatic heterocycles. The number of phenolic OH excluding ortho intramolecular Hbond substituents is 1. The second-order valence-electron chi connectivity index (χ2n) is 9.20. The van der Waals surface area contributed by atoms with Gasteiger partial charge in [-0.25, -0.2) is 4.79 Å². The molecule has 8 nitrogen and oxygen atoms in total. The largest absolute Gasteiger partial charge is 0.507 e. The lowest BCUT2D eigenvalue weighted by Crippen LogP contribution is -2.61. The van der Waals surface area contributed by atoms with Gasteiger partial charge in [0.15, 0.2) is 5.82 Å². The molecule has 2 aliphatic rings. The number of piperidine rings is 1. The molecule has 2 aromatic carbocycles. The minimum absolute atomic E-state index is 0.0202. The van der Waals surface area contributed by atoms with E-state index in [1.54, 1.807) is 11.0 Å². The van der Waals surface area contributed by atoms with Crippen LogP contribution in [0, 0.1) is 13.8 Å². The maximum absolute atomic E-state index is 12.8. The fraction of sp³-hybridized carbons (Fsp3) is 0.370. The number of rotatable bonds is 4. The van der Waals surface area contributed by atoms with E-state index in [0.717, 1.165) is 28.9 Å². The van der Waals surface area contributed by atoms with Crippen molar-refractivity contribution in [2.24, 2.45) is 0 Å². The van der Waals surface area contributed by atoms with Crippen molar-refractivity contribution in [3.05, 3.63) is 71.3 Å². The van der Waals surface area contributed by atoms with Gasteiger partial charge in [0.05, 0.1) is 24.4 Å². The van der Waals surface area contributed by atoms with E-state index in [4.69, 9.17) is 9.47 Å². The average molecular weight is 475 g/mol. The summed E-state index contributed by atoms with van der Waals surface area (Å²) in [6.45, 7) is 6.52. The van der Waals surface area contributed by atoms with Gasteiger partial charge in [-0.3, -0.25) is 0 Å². The Kier molecular flexibility index (Phi) is 6.55. The summed E-state index contributed by atoms with van der Waals surface area (Å²) in [4.78, 5) is 16.7. The van der Waals surface area contributed by atoms with Crippen LogP contribution in [-0.4, -0.2) is 64.7 Å². The molecule has 2 aliphatic heterocycles. The molecule has 1 N–H and O–H groups in total. The molecular formula is C27H30N4O4. The molecule has 0 radical (unpaired) electrons. The molecule has 0 bridgehead atoms. The molecule has 0 saturated carbocycles. The van der Waals surface area contributed by atoms with E-state index < -0.39 is 0 Å². The summed E-state index contributed by atoms with van der Waals surface area (Å²) in [5, 5.41) is 19.4. The van der Waals surface area contributed by atoms with Gasteiger partial charge in [0.1, 0.15) is 12.4 Å². The number of aryl methyl sites for hydroxylation is 2. The van der Waals surface area contributed by atoms with E-state index in [1.165, 1.54) is 0 Å². The van der Waals surface area contributed by atoms with Gasteiger partial charge in [-0.2, -0.15) is 0 Å². The second-order valence-corrected chi connectivity index (χ2v) is 9.20. The minimum atomic E-state index is -0.315. The van der Waals surface area contributed by atoms with Gasteiger partial charge in [-0.05, 0) is 55.2 Å². The van der Waals surface area contributed by atoms with Gasteiger partial charge in [0.25, 0.3) is 0 Å². The van der Waals surface area contributed by atoms with Gasteiger partial charge in [0.2, 0.25) is 0 Å². The van der Waals surface area contributed by atoms with E-state index >= 15 is 0 Å². The summed E-state index contributed by atoms with van der Waals surface area (Å²) in [5.74, 6) is 0.934. The number of carbonyl (C=O) groups is 1. The number of anilines is 1. The van der Waals surface area contributed by atoms with Crippen molar-refractivity contribution in [2.45, 2.75) is 39.0 Å². The Balaban J connectivity index is 1.30. The van der Waals surface area contributed by atoms with E-state index in [9.17, 15) is 9.90 Å². The first-order chi connectivity index (χ1) is 17.0. The van der Waals surface area contributed by atoms with Crippen molar-refractivity contribution in [1.29, 1.82) is 0 Å². The van der Waals surface area contributed by atoms with E-state index in [0.29, 0.717) is 37.5 Å². The number of nitrogens with zero attached hydrogens (tertiary/aromatic N) is 4. The van der Waals surface area contributed by atoms with E-state index in [2.05, 4.69) is 15.1 Å². The Bertz CT molecular complexity index is 1160. The molecule has 182 valence electrons. The number of carbonyl (C=O) groups excluding carboxylic acids is 1. The maximum atomic E-state index is 12.8. The lowest BCUT2D eigenvalue weighted by Gasteiger charge is -2.47. The van der Waals surface area contributed by atoms with Crippen LogP contribution in [0.1, 0.15) is 23.1 Å². The molecule has 2 saturated heterocycles. The molecule has 2 fully saturated rings. The number of likely N-dealkylation sites (tertiary alicyclic amines) is 1. The quantitative estimate of drug-likeness (QED) is 0.610. The van der Waals surface area contributed by atoms with Crippen LogP contribution in [-0.2, 0) is 16.1 Å². The smallest absolute Gasteiger partial charge is 0.410 e. The Hall–Kier alpha value is -3.65. The first-order valence-electron chi connectivity index (χ1n) is 12.0. The number of phenols is 1. The van der Waals surface area contributed by atoms with Crippen molar-refractivity contribution in [3.63, 3.8) is 0 Å². The standard InChI is InChI=1S/C27H30N4O4/c1-18-14-19(2)26(23(32)15-18)21-8-9-25(29-28-21)31-12-13-34-24-10-11-30(16-22(24)31)27(33)35-17-20-6-4-3-5-7-20/h3-9,14-15,22,24,32H,10-13,16-17H2,1-2H3/t22-,24+/m1/s1. The molecule has 3 heterocycles. The van der Waals surface area contributed by atoms with Gasteiger partial charge in [-0.15, -0.1) is 10.2 Å². The fourth-order valence-corrected chi connectivity index (χ4v) is 5.02. The Labute approximate surface area is 205 Å². The number of aromatic nitrogens is 2. The topological polar surface area (TPSA) is 88.0 Å². The number of morpholine rings is 1. The molecule has 8 heteroatoms. The van der Waals surface area contributed by atoms with Crippen molar-refractivity contribution >= 4 is 11.9 Å². The first-order valence-corrected chi connectivity index (χ1v) is 12.0. The highest BCUT2D eigenvalue weighted by atomic mass is 16.6. The summed E-state index contributed by atoms with van der Waals surface area (Å²) >= 11 is 0. The average Bonchev–Trinajstić information content (AvgIpc) is 2.87. The van der Waals surface area contributed by atoms with Crippen LogP contribution in [0.3, 0.4) is 0 Å². The van der Waals surface area contributed by atoms with E-state index in [1.807, 2.05) is 62.4 Å². The minimum Gasteiger partial charge on any atom is -0.507 e. The summed E-state index contributed by atoms with van der Waals surface area (Å²) in [7, 11) is 0. The van der Waals surface area contributed by atoms with Crippen LogP contribution < -0.4 is 4.90 Å². The van der Waals surface area contributed by atoms with Crippen molar-refractivity contribution < 1.29 is 19.4 Å². The van der Waals surface area contributed by atoms with Crippen LogP contribution in [0.5, 0.6) is 5.75 Å². The monoisotopic (exact) mass is 474 g/mol. The number of benzene rings is 2. The van der Waals surface area contributed by atoms with Crippen molar-refractivity contribution in [1.82, 2.24) is 15.1 Å². The third-order valence-corrected chi connectivity index (χ3v) is 6.71. The van der Waals surface area contributed by atoms with Crippen LogP contribution in [0.2, 0.25) is 0 Å². The molecule has 0 unspecified atom stereocenters. The first kappa shape index (κ1) is 23.1. The summed E-state index contributed by atoms with van der Waals surface area (Å²) < 4.78 is 11.6. The van der Waals surface area contributed by atoms with Crippen molar-refractivity contribution in [3.8, 4) is 17.0 Å². The van der Waals surface area contributed by atoms with Gasteiger partial charge in [0, 0.05) is 25.2 Å². The molecule has 0 spiro atoms. The number of hydrogen-bond donors (Lipinski definition) is 1. The molecule has 3 aromatic rings. The zero-order valence-corrected chi connectivity index (χ0v) is 20.1. The lowest BCUT2D eigenvalue weighted by molar-refractivity contribution is -0.0287. The summed E-state index contributed by atoms with van der Waals surface area (Å²) in [5.41, 5.74) is 4.23. The Morgan fingerprint density at radius 3 is 2.69 bits per heavy atom. The lowest BCUT2D eigenvalue weighted by atomic mass is 9.98. The number of fused-ring (bicyclic) bond motifs is 1. The number of amides is 1. The van der Waals surface area contributed by atoms with Crippen LogP contribution in [0.25, 0.3) is 11.3 Å². The Morgan fingerprint density at radius 2 is 1.94 bits per heavy atom. The summed E-state index contributed by atoms with van der Waals surface area (Å²) in [6.07, 6.45) is 0.445. The molecule has 2 atom stereocenters. The molecular weight excluding hydrogens is 444 g/mol. The highest BCUT2D eigenvalue weighted by Crippen LogP contribution is 2.33. The zero-order valence-electron chi connectivity index (χ0n) is 20.1. The fourth-order valence-electron chi connectivity index (χ4n) is 5.02. The van der Waals surface area contributed by atoms with Crippen LogP contribution in [0.15, 0.2) is 54.6 Å². The zero-order chi connectivity index (χ0) is 24.4. The third-order valence-electron chi connectivity index (χ3n) is 6.71. The number of hydrogen-bond acceptors (Lipinski definition) is 7. The second kappa shape index (κ2) is 9.92. The number of aromatic hydroxyl groups is 1. The van der Waals surface area contributed by atoms with Crippen LogP contribution >= 0.6 is 0 Å². The Morgan fingerprint density at radius 1 is 1.11 bits per heavy atom. The van der Waals surface area contributed by atoms with Gasteiger partial charge >= 0.3 is 6.09 Å². The van der Waals surface area contributed by atoms with E-state index in [-0.39, 0.29) is 30.6 Å². The predicted octanol–water partition coefficient (Wildman–Crippen LogP) is 4.08. The number of ether oxygens (including phenoxy) is 2. The third kappa shape index (κ3) is 4.93. The predicted molar refractivity (Wildman–Crippen MR) is 132 cm³/mol. The van der Waals surface area contributed by atoms with Gasteiger partial charge < -0.3 is 24.4 Å². The normalized spacial score (nSPS) is 19.8. The van der Waals surface area contributed by atoms with Crippen LogP contribution in [0.4, 0.5) is 10.6 Å².